The Morgan fingerprint density at radius 3 is 2.82 bits per heavy atom. The molecule has 1 saturated heterocycles. The van der Waals surface area contributed by atoms with Crippen molar-refractivity contribution >= 4 is 29.1 Å². The van der Waals surface area contributed by atoms with Crippen molar-refractivity contribution in [2.24, 2.45) is 5.16 Å². The molecule has 3 aliphatic rings. The lowest BCUT2D eigenvalue weighted by atomic mass is 10.0. The zero-order valence-electron chi connectivity index (χ0n) is 18.4. The van der Waals surface area contributed by atoms with Gasteiger partial charge in [-0.25, -0.2) is 4.39 Å². The predicted molar refractivity (Wildman–Crippen MR) is 120 cm³/mol. The number of aryl methyl sites for hydroxylation is 1. The van der Waals surface area contributed by atoms with Crippen LogP contribution >= 0.6 is 11.6 Å². The summed E-state index contributed by atoms with van der Waals surface area (Å²) in [6.45, 7) is 4.23. The van der Waals surface area contributed by atoms with E-state index in [1.54, 1.807) is 17.0 Å². The molecule has 2 aliphatic heterocycles. The number of oxime groups is 1. The lowest BCUT2D eigenvalue weighted by Crippen LogP contribution is -2.47. The highest BCUT2D eigenvalue weighted by atomic mass is 35.5. The quantitative estimate of drug-likeness (QED) is 0.722. The molecule has 2 fully saturated rings. The maximum absolute atomic E-state index is 14.3. The minimum atomic E-state index is -0.825. The van der Waals surface area contributed by atoms with E-state index < -0.39 is 11.9 Å². The smallest absolute Gasteiger partial charge is 0.267 e. The number of carbonyl (C=O) groups is 2. The summed E-state index contributed by atoms with van der Waals surface area (Å²) >= 11 is 5.86. The summed E-state index contributed by atoms with van der Waals surface area (Å²) in [5.41, 5.74) is 1.86. The molecule has 0 bridgehead atoms. The number of nitrogens with one attached hydrogen (secondary N) is 1. The Bertz CT molecular complexity index is 1150. The molecular weight excluding hydrogens is 449 g/mol. The van der Waals surface area contributed by atoms with Crippen molar-refractivity contribution in [1.29, 1.82) is 0 Å². The SMILES string of the molecule is Cc1nn(C2CC2)cc1C(=O)N[C@@H]1CCN(C(=O)C2CC(c3cccc(Cl)c3F)=NO2)[C@@H]1C. The third-order valence-corrected chi connectivity index (χ3v) is 6.94. The molecule has 3 atom stereocenters. The van der Waals surface area contributed by atoms with Crippen LogP contribution < -0.4 is 5.32 Å². The van der Waals surface area contributed by atoms with Crippen molar-refractivity contribution in [3.63, 3.8) is 0 Å². The number of benzene rings is 1. The van der Waals surface area contributed by atoms with Gasteiger partial charge >= 0.3 is 0 Å². The van der Waals surface area contributed by atoms with Gasteiger partial charge in [0.2, 0.25) is 6.10 Å². The topological polar surface area (TPSA) is 88.8 Å². The van der Waals surface area contributed by atoms with Crippen molar-refractivity contribution in [2.75, 3.05) is 6.54 Å². The van der Waals surface area contributed by atoms with Crippen LogP contribution in [-0.4, -0.2) is 56.9 Å². The summed E-state index contributed by atoms with van der Waals surface area (Å²) in [7, 11) is 0. The van der Waals surface area contributed by atoms with Crippen molar-refractivity contribution in [3.05, 3.63) is 52.1 Å². The van der Waals surface area contributed by atoms with Gasteiger partial charge in [0.05, 0.1) is 34.1 Å². The maximum Gasteiger partial charge on any atom is 0.267 e. The van der Waals surface area contributed by atoms with Gasteiger partial charge < -0.3 is 15.1 Å². The molecule has 1 aliphatic carbocycles. The van der Waals surface area contributed by atoms with Crippen molar-refractivity contribution in [1.82, 2.24) is 20.0 Å². The van der Waals surface area contributed by atoms with E-state index in [1.807, 2.05) is 24.7 Å². The van der Waals surface area contributed by atoms with Crippen molar-refractivity contribution < 1.29 is 18.8 Å². The molecule has 8 nitrogen and oxygen atoms in total. The first-order valence-electron chi connectivity index (χ1n) is 11.2. The van der Waals surface area contributed by atoms with Gasteiger partial charge in [0.25, 0.3) is 11.8 Å². The molecule has 33 heavy (non-hydrogen) atoms. The molecule has 1 aromatic carbocycles. The second-order valence-electron chi connectivity index (χ2n) is 8.92. The third kappa shape index (κ3) is 4.10. The first-order valence-corrected chi connectivity index (χ1v) is 11.6. The molecule has 174 valence electrons. The Morgan fingerprint density at radius 1 is 1.27 bits per heavy atom. The van der Waals surface area contributed by atoms with Gasteiger partial charge in [-0.1, -0.05) is 22.8 Å². The molecule has 2 aromatic rings. The highest BCUT2D eigenvalue weighted by Gasteiger charge is 2.41. The van der Waals surface area contributed by atoms with E-state index in [9.17, 15) is 14.0 Å². The van der Waals surface area contributed by atoms with Crippen LogP contribution in [0.15, 0.2) is 29.6 Å². The lowest BCUT2D eigenvalue weighted by molar-refractivity contribution is -0.142. The number of rotatable bonds is 5. The monoisotopic (exact) mass is 473 g/mol. The van der Waals surface area contributed by atoms with E-state index in [0.717, 1.165) is 12.8 Å². The average Bonchev–Trinajstić information content (AvgIpc) is 3.22. The highest BCUT2D eigenvalue weighted by molar-refractivity contribution is 6.31. The van der Waals surface area contributed by atoms with Gasteiger partial charge in [-0.3, -0.25) is 14.3 Å². The predicted octanol–water partition coefficient (Wildman–Crippen LogP) is 3.23. The first-order chi connectivity index (χ1) is 15.8. The Hall–Kier alpha value is -2.94. The van der Waals surface area contributed by atoms with Crippen LogP contribution in [0.5, 0.6) is 0 Å². The van der Waals surface area contributed by atoms with Crippen LogP contribution in [-0.2, 0) is 9.63 Å². The van der Waals surface area contributed by atoms with Crippen LogP contribution in [0.1, 0.15) is 60.3 Å². The fraction of sp³-hybridized carbons (Fsp3) is 0.478. The average molecular weight is 474 g/mol. The van der Waals surface area contributed by atoms with Crippen molar-refractivity contribution in [3.8, 4) is 0 Å². The summed E-state index contributed by atoms with van der Waals surface area (Å²) < 4.78 is 16.2. The molecule has 1 saturated carbocycles. The van der Waals surface area contributed by atoms with E-state index in [1.165, 1.54) is 6.07 Å². The largest absolute Gasteiger partial charge is 0.382 e. The van der Waals surface area contributed by atoms with Crippen molar-refractivity contribution in [2.45, 2.75) is 63.8 Å². The van der Waals surface area contributed by atoms with Gasteiger partial charge in [0, 0.05) is 30.8 Å². The van der Waals surface area contributed by atoms with Gasteiger partial charge in [-0.2, -0.15) is 5.10 Å². The number of hydrogen-bond donors (Lipinski definition) is 1. The summed E-state index contributed by atoms with van der Waals surface area (Å²) in [6.07, 6.45) is 3.97. The van der Waals surface area contributed by atoms with Gasteiger partial charge in [-0.05, 0) is 45.2 Å². The number of carbonyl (C=O) groups excluding carboxylic acids is 2. The van der Waals surface area contributed by atoms with Gasteiger partial charge in [-0.15, -0.1) is 0 Å². The summed E-state index contributed by atoms with van der Waals surface area (Å²) in [5.74, 6) is -0.977. The van der Waals surface area contributed by atoms with E-state index in [0.29, 0.717) is 36.0 Å². The number of aromatic nitrogens is 2. The number of amides is 2. The van der Waals surface area contributed by atoms with Crippen LogP contribution in [0, 0.1) is 12.7 Å². The lowest BCUT2D eigenvalue weighted by Gasteiger charge is -2.26. The van der Waals surface area contributed by atoms with E-state index in [2.05, 4.69) is 15.6 Å². The van der Waals surface area contributed by atoms with Crippen LogP contribution in [0.4, 0.5) is 4.39 Å². The Morgan fingerprint density at radius 2 is 2.06 bits per heavy atom. The number of likely N-dealkylation sites (tertiary alicyclic amines) is 1. The standard InChI is InChI=1S/C23H25ClFN5O3/c1-12-16(11-30(27-12)14-6-7-14)22(31)26-18-8-9-29(13(18)2)23(32)20-10-19(28-33-20)15-4-3-5-17(24)21(15)25/h3-5,11,13-14,18,20H,6-10H2,1-2H3,(H,26,31)/t13-,18-,20?/m1/s1. The zero-order valence-corrected chi connectivity index (χ0v) is 19.2. The molecule has 5 rings (SSSR count). The fourth-order valence-corrected chi connectivity index (χ4v) is 4.68. The second kappa shape index (κ2) is 8.44. The molecule has 3 heterocycles. The molecule has 0 radical (unpaired) electrons. The fourth-order valence-electron chi connectivity index (χ4n) is 4.50. The molecule has 1 N–H and O–H groups in total. The van der Waals surface area contributed by atoms with Crippen LogP contribution in [0.3, 0.4) is 0 Å². The molecule has 10 heteroatoms. The van der Waals surface area contributed by atoms with Gasteiger partial charge in [0.1, 0.15) is 0 Å². The molecule has 1 aromatic heterocycles. The second-order valence-corrected chi connectivity index (χ2v) is 9.32. The number of halogens is 2. The first kappa shape index (κ1) is 21.9. The zero-order chi connectivity index (χ0) is 23.3. The van der Waals surface area contributed by atoms with E-state index >= 15 is 0 Å². The Labute approximate surface area is 195 Å². The molecule has 1 unspecified atom stereocenters. The van der Waals surface area contributed by atoms with Gasteiger partial charge in [0.15, 0.2) is 5.82 Å². The molecule has 2 amide bonds. The number of nitrogens with zero attached hydrogens (tertiary/aromatic N) is 4. The van der Waals surface area contributed by atoms with Crippen LogP contribution in [0.25, 0.3) is 0 Å². The minimum absolute atomic E-state index is 0.00497. The third-order valence-electron chi connectivity index (χ3n) is 6.64. The normalized spacial score (nSPS) is 24.5. The Kier molecular flexibility index (Phi) is 5.60. The number of hydrogen-bond acceptors (Lipinski definition) is 5. The highest BCUT2D eigenvalue weighted by Crippen LogP contribution is 2.34. The van der Waals surface area contributed by atoms with E-state index in [-0.39, 0.29) is 40.9 Å². The minimum Gasteiger partial charge on any atom is -0.382 e. The summed E-state index contributed by atoms with van der Waals surface area (Å²) in [5, 5.41) is 11.4. The summed E-state index contributed by atoms with van der Waals surface area (Å²) in [4.78, 5) is 33.0. The van der Waals surface area contributed by atoms with E-state index in [4.69, 9.17) is 16.4 Å². The Balaban J connectivity index is 1.20. The molecular formula is C23H25ClFN5O3. The molecule has 0 spiro atoms. The summed E-state index contributed by atoms with van der Waals surface area (Å²) in [6, 6.07) is 4.66. The maximum atomic E-state index is 14.3. The van der Waals surface area contributed by atoms with Crippen LogP contribution in [0.2, 0.25) is 5.02 Å².